The van der Waals surface area contributed by atoms with Gasteiger partial charge in [0.25, 0.3) is 0 Å². The zero-order valence-corrected chi connectivity index (χ0v) is 17.8. The minimum Gasteiger partial charge on any atom is -0.504 e. The molecule has 12 heteroatoms. The largest absolute Gasteiger partial charge is 0.504 e. The minimum atomic E-state index is -0.869. The summed E-state index contributed by atoms with van der Waals surface area (Å²) in [5.41, 5.74) is -1.10. The van der Waals surface area contributed by atoms with Gasteiger partial charge < -0.3 is 9.84 Å². The Hall–Kier alpha value is -3.96. The van der Waals surface area contributed by atoms with Crippen molar-refractivity contribution in [3.05, 3.63) is 77.3 Å². The Morgan fingerprint density at radius 3 is 2.31 bits per heavy atom. The Morgan fingerprint density at radius 1 is 0.969 bits per heavy atom. The van der Waals surface area contributed by atoms with Gasteiger partial charge in [0, 0.05) is 19.7 Å². The number of hydrogen-bond donors (Lipinski definition) is 1. The number of phenols is 1. The van der Waals surface area contributed by atoms with Crippen LogP contribution in [0.15, 0.2) is 49.0 Å². The van der Waals surface area contributed by atoms with Crippen molar-refractivity contribution in [2.45, 2.75) is 32.1 Å². The first-order valence-corrected chi connectivity index (χ1v) is 10.2. The lowest BCUT2D eigenvalue weighted by atomic mass is 9.89. The third-order valence-electron chi connectivity index (χ3n) is 6.21. The maximum atomic E-state index is 13.0. The molecule has 3 aromatic rings. The maximum absolute atomic E-state index is 13.0. The van der Waals surface area contributed by atoms with Crippen molar-refractivity contribution < 1.29 is 9.84 Å². The van der Waals surface area contributed by atoms with Crippen LogP contribution in [0.5, 0.6) is 11.5 Å². The van der Waals surface area contributed by atoms with Crippen molar-refractivity contribution in [3.63, 3.8) is 0 Å². The highest BCUT2D eigenvalue weighted by molar-refractivity contribution is 5.50. The smallest absolute Gasteiger partial charge is 0.347 e. The number of ether oxygens (including phenoxy) is 1. The molecule has 2 aromatic heterocycles. The lowest BCUT2D eigenvalue weighted by molar-refractivity contribution is 0.242. The molecule has 4 heterocycles. The molecule has 32 heavy (non-hydrogen) atoms. The lowest BCUT2D eigenvalue weighted by Gasteiger charge is -2.37. The summed E-state index contributed by atoms with van der Waals surface area (Å²) in [6, 6.07) is 3.39. The molecule has 0 bridgehead atoms. The Balaban J connectivity index is 1.83. The molecule has 0 saturated heterocycles. The minimum absolute atomic E-state index is 0.00742. The number of phenolic OH excluding ortho intramolecular Hbond substituents is 1. The third kappa shape index (κ3) is 2.43. The Bertz CT molecular complexity index is 1520. The molecule has 5 rings (SSSR count). The number of fused-ring (bicyclic) bond motifs is 4. The van der Waals surface area contributed by atoms with E-state index in [4.69, 9.17) is 4.74 Å². The first-order valence-electron chi connectivity index (χ1n) is 10.2. The molecule has 1 N–H and O–H groups in total. The van der Waals surface area contributed by atoms with Gasteiger partial charge in [-0.2, -0.15) is 0 Å². The van der Waals surface area contributed by atoms with Crippen molar-refractivity contribution in [2.24, 2.45) is 14.1 Å². The maximum Gasteiger partial charge on any atom is 0.347 e. The zero-order chi connectivity index (χ0) is 22.9. The average molecular weight is 442 g/mol. The van der Waals surface area contributed by atoms with Gasteiger partial charge in [-0.1, -0.05) is 18.2 Å². The number of aromatic nitrogens is 6. The fourth-order valence-electron chi connectivity index (χ4n) is 4.69. The Morgan fingerprint density at radius 2 is 1.62 bits per heavy atom. The van der Waals surface area contributed by atoms with E-state index in [-0.39, 0.29) is 24.6 Å². The average Bonchev–Trinajstić information content (AvgIpc) is 3.14. The standard InChI is InChI=1S/C20H22N6O6/c1-4-32-14-7-5-6-12(16(14)27)15-11-8-9-23-17(28)21(2)19(30)25(23)13(11)10-24-18(29)22(3)20(31)26(15)24/h5-8,13,15,27H,4,9-10H2,1-3H3/t13-,15-/m1/s1. The van der Waals surface area contributed by atoms with Crippen LogP contribution in [0.25, 0.3) is 0 Å². The van der Waals surface area contributed by atoms with E-state index in [0.29, 0.717) is 17.7 Å². The van der Waals surface area contributed by atoms with Crippen LogP contribution >= 0.6 is 0 Å². The van der Waals surface area contributed by atoms with Crippen LogP contribution in [0.1, 0.15) is 24.6 Å². The van der Waals surface area contributed by atoms with Crippen LogP contribution in [0.4, 0.5) is 0 Å². The molecule has 12 nitrogen and oxygen atoms in total. The van der Waals surface area contributed by atoms with Crippen molar-refractivity contribution in [3.8, 4) is 11.5 Å². The normalized spacial score (nSPS) is 19.2. The van der Waals surface area contributed by atoms with Gasteiger partial charge in [0.15, 0.2) is 11.5 Å². The predicted octanol–water partition coefficient (Wildman–Crippen LogP) is -1.10. The third-order valence-corrected chi connectivity index (χ3v) is 6.21. The molecule has 0 amide bonds. The van der Waals surface area contributed by atoms with E-state index in [0.717, 1.165) is 9.13 Å². The molecule has 0 radical (unpaired) electrons. The summed E-state index contributed by atoms with van der Waals surface area (Å²) in [5, 5.41) is 11.0. The molecule has 2 aliphatic rings. The number of hydrogen-bond acceptors (Lipinski definition) is 6. The quantitative estimate of drug-likeness (QED) is 0.513. The number of benzene rings is 1. The summed E-state index contributed by atoms with van der Waals surface area (Å²) in [4.78, 5) is 51.2. The van der Waals surface area contributed by atoms with Crippen LogP contribution in [-0.2, 0) is 27.2 Å². The highest BCUT2D eigenvalue weighted by Crippen LogP contribution is 2.43. The van der Waals surface area contributed by atoms with Crippen LogP contribution in [0.2, 0.25) is 0 Å². The topological polar surface area (TPSA) is 127 Å². The van der Waals surface area contributed by atoms with E-state index in [1.807, 2.05) is 0 Å². The van der Waals surface area contributed by atoms with E-state index in [9.17, 15) is 24.3 Å². The molecule has 0 saturated carbocycles. The number of nitrogens with zero attached hydrogens (tertiary/aromatic N) is 6. The monoisotopic (exact) mass is 442 g/mol. The Labute approximate surface area is 180 Å². The van der Waals surface area contributed by atoms with Crippen molar-refractivity contribution in [2.75, 3.05) is 6.61 Å². The predicted molar refractivity (Wildman–Crippen MR) is 112 cm³/mol. The second-order valence-electron chi connectivity index (χ2n) is 7.85. The number of rotatable bonds is 3. The SMILES string of the molecule is CCOc1cccc([C@H]2C3=CCn4c(=O)n(C)c(=O)n4[C@@H]3Cn3c(=O)n(C)c(=O)n32)c1O. The second-order valence-corrected chi connectivity index (χ2v) is 7.85. The summed E-state index contributed by atoms with van der Waals surface area (Å²) in [5.74, 6) is 0.0919. The second kappa shape index (κ2) is 6.77. The van der Waals surface area contributed by atoms with Crippen molar-refractivity contribution in [1.82, 2.24) is 27.9 Å². The highest BCUT2D eigenvalue weighted by atomic mass is 16.5. The molecule has 0 spiro atoms. The van der Waals surface area contributed by atoms with E-state index < -0.39 is 34.8 Å². The first kappa shape index (κ1) is 20.0. The van der Waals surface area contributed by atoms with Gasteiger partial charge in [-0.25, -0.2) is 47.0 Å². The highest BCUT2D eigenvalue weighted by Gasteiger charge is 2.41. The van der Waals surface area contributed by atoms with E-state index in [1.165, 1.54) is 32.8 Å². The van der Waals surface area contributed by atoms with Crippen LogP contribution in [0.3, 0.4) is 0 Å². The molecule has 0 aliphatic carbocycles. The van der Waals surface area contributed by atoms with Gasteiger partial charge in [0.1, 0.15) is 6.04 Å². The number of para-hydroxylation sites is 1. The summed E-state index contributed by atoms with van der Waals surface area (Å²) < 4.78 is 12.7. The lowest BCUT2D eigenvalue weighted by Crippen LogP contribution is -2.46. The summed E-state index contributed by atoms with van der Waals surface area (Å²) in [6.07, 6.45) is 1.77. The fourth-order valence-corrected chi connectivity index (χ4v) is 4.69. The molecular formula is C20H22N6O6. The van der Waals surface area contributed by atoms with Gasteiger partial charge in [-0.15, -0.1) is 0 Å². The molecule has 2 aliphatic heterocycles. The first-order chi connectivity index (χ1) is 15.3. The molecule has 168 valence electrons. The van der Waals surface area contributed by atoms with E-state index >= 15 is 0 Å². The molecular weight excluding hydrogens is 420 g/mol. The van der Waals surface area contributed by atoms with Gasteiger partial charge >= 0.3 is 22.8 Å². The van der Waals surface area contributed by atoms with Gasteiger partial charge in [-0.3, -0.25) is 0 Å². The van der Waals surface area contributed by atoms with Crippen molar-refractivity contribution >= 4 is 0 Å². The van der Waals surface area contributed by atoms with E-state index in [1.54, 1.807) is 31.2 Å². The molecule has 0 unspecified atom stereocenters. The molecule has 2 atom stereocenters. The molecule has 1 aromatic carbocycles. The molecule has 0 fully saturated rings. The zero-order valence-electron chi connectivity index (χ0n) is 17.8. The summed E-state index contributed by atoms with van der Waals surface area (Å²) in [6.45, 7) is 2.23. The van der Waals surface area contributed by atoms with E-state index in [2.05, 4.69) is 0 Å². The number of aromatic hydroxyl groups is 1. The summed E-state index contributed by atoms with van der Waals surface area (Å²) >= 11 is 0. The van der Waals surface area contributed by atoms with Gasteiger partial charge in [0.05, 0.1) is 25.7 Å². The Kier molecular flexibility index (Phi) is 4.23. The van der Waals surface area contributed by atoms with Crippen LogP contribution in [-0.4, -0.2) is 39.6 Å². The van der Waals surface area contributed by atoms with Crippen molar-refractivity contribution in [1.29, 1.82) is 0 Å². The fraction of sp³-hybridized carbons (Fsp3) is 0.400. The van der Waals surface area contributed by atoms with Gasteiger partial charge in [-0.05, 0) is 18.6 Å². The van der Waals surface area contributed by atoms with Crippen LogP contribution in [0, 0.1) is 0 Å². The van der Waals surface area contributed by atoms with Gasteiger partial charge in [0.2, 0.25) is 0 Å². The number of allylic oxidation sites excluding steroid dienone is 2. The summed E-state index contributed by atoms with van der Waals surface area (Å²) in [7, 11) is 2.77. The van der Waals surface area contributed by atoms with Crippen LogP contribution < -0.4 is 27.5 Å².